The minimum atomic E-state index is -0.362. The largest absolute Gasteiger partial charge is 0.469 e. The molecule has 32 heavy (non-hydrogen) atoms. The highest BCUT2D eigenvalue weighted by Gasteiger charge is 2.21. The van der Waals surface area contributed by atoms with Crippen LogP contribution in [0.5, 0.6) is 0 Å². The zero-order valence-electron chi connectivity index (χ0n) is 19.1. The third-order valence-corrected chi connectivity index (χ3v) is 5.19. The van der Waals surface area contributed by atoms with E-state index in [-0.39, 0.29) is 30.0 Å². The maximum absolute atomic E-state index is 12.7. The molecule has 0 fully saturated rings. The molecule has 1 amide bonds. The van der Waals surface area contributed by atoms with Gasteiger partial charge >= 0.3 is 5.97 Å². The maximum atomic E-state index is 12.7. The van der Waals surface area contributed by atoms with Crippen molar-refractivity contribution in [2.75, 3.05) is 21.2 Å². The van der Waals surface area contributed by atoms with Crippen LogP contribution < -0.4 is 0 Å². The normalized spacial score (nSPS) is 11.1. The predicted octanol–water partition coefficient (Wildman–Crippen LogP) is 4.29. The second kappa shape index (κ2) is 13.1. The monoisotopic (exact) mass is 433 g/mol. The number of ether oxygens (including phenoxy) is 1. The summed E-state index contributed by atoms with van der Waals surface area (Å²) in [5.41, 5.74) is 2.39. The summed E-state index contributed by atoms with van der Waals surface area (Å²) in [6.45, 7) is 0. The number of Topliss-reactive ketones (excluding diaryl/α,β-unsaturated/α-hetero) is 1. The van der Waals surface area contributed by atoms with Crippen molar-refractivity contribution >= 4 is 17.7 Å². The van der Waals surface area contributed by atoms with Gasteiger partial charge in [-0.05, 0) is 37.0 Å². The van der Waals surface area contributed by atoms with Gasteiger partial charge in [0.1, 0.15) is 0 Å². The molecule has 2 rings (SSSR count). The first-order valence-corrected chi connectivity index (χ1v) is 10.8. The van der Waals surface area contributed by atoms with E-state index in [1.165, 1.54) is 7.11 Å². The van der Waals surface area contributed by atoms with Gasteiger partial charge in [-0.2, -0.15) is 0 Å². The quantitative estimate of drug-likeness (QED) is 0.243. The number of rotatable bonds is 10. The molecule has 0 bridgehead atoms. The van der Waals surface area contributed by atoms with Crippen LogP contribution in [0.2, 0.25) is 0 Å². The molecule has 2 aromatic carbocycles. The Labute approximate surface area is 190 Å². The Morgan fingerprint density at radius 3 is 2.44 bits per heavy atom. The highest BCUT2D eigenvalue weighted by Crippen LogP contribution is 2.18. The maximum Gasteiger partial charge on any atom is 0.309 e. The van der Waals surface area contributed by atoms with Gasteiger partial charge in [0.25, 0.3) is 0 Å². The van der Waals surface area contributed by atoms with Crippen molar-refractivity contribution in [3.8, 4) is 11.8 Å². The van der Waals surface area contributed by atoms with Gasteiger partial charge in [-0.15, -0.1) is 0 Å². The summed E-state index contributed by atoms with van der Waals surface area (Å²) >= 11 is 0. The molecule has 0 aliphatic heterocycles. The average Bonchev–Trinajstić information content (AvgIpc) is 2.81. The first-order valence-electron chi connectivity index (χ1n) is 10.8. The van der Waals surface area contributed by atoms with Crippen LogP contribution in [0.3, 0.4) is 0 Å². The molecule has 5 heteroatoms. The third kappa shape index (κ3) is 8.39. The fourth-order valence-electron chi connectivity index (χ4n) is 3.30. The summed E-state index contributed by atoms with van der Waals surface area (Å²) in [4.78, 5) is 38.1. The van der Waals surface area contributed by atoms with Crippen LogP contribution >= 0.6 is 0 Å². The number of methoxy groups -OCH3 is 1. The summed E-state index contributed by atoms with van der Waals surface area (Å²) < 4.78 is 4.94. The van der Waals surface area contributed by atoms with E-state index >= 15 is 0 Å². The number of esters is 1. The summed E-state index contributed by atoms with van der Waals surface area (Å²) in [6.07, 6.45) is 3.04. The molecule has 0 saturated heterocycles. The van der Waals surface area contributed by atoms with Crippen molar-refractivity contribution in [3.05, 3.63) is 71.3 Å². The molecular weight excluding hydrogens is 402 g/mol. The Bertz CT molecular complexity index is 970. The molecule has 0 heterocycles. The molecule has 5 nitrogen and oxygen atoms in total. The Kier molecular flexibility index (Phi) is 10.2. The summed E-state index contributed by atoms with van der Waals surface area (Å²) in [6, 6.07) is 17.0. The average molecular weight is 434 g/mol. The molecular formula is C27H31NO4. The number of hydrogen-bond acceptors (Lipinski definition) is 4. The minimum Gasteiger partial charge on any atom is -0.469 e. The van der Waals surface area contributed by atoms with E-state index in [4.69, 9.17) is 4.74 Å². The summed E-state index contributed by atoms with van der Waals surface area (Å²) in [5, 5.41) is 0. The topological polar surface area (TPSA) is 63.7 Å². The van der Waals surface area contributed by atoms with E-state index in [9.17, 15) is 14.4 Å². The van der Waals surface area contributed by atoms with Crippen molar-refractivity contribution < 1.29 is 19.1 Å². The number of amides is 1. The van der Waals surface area contributed by atoms with E-state index < -0.39 is 0 Å². The lowest BCUT2D eigenvalue weighted by Crippen LogP contribution is -2.20. The molecule has 168 valence electrons. The molecule has 2 aromatic rings. The number of carbonyl (C=O) groups is 3. The SMILES string of the molecule is COC(=O)[C@H](CCC(=O)c1cccc(C#CCCCC(=O)N(C)C)c1)Cc1ccccc1. The molecule has 0 aliphatic rings. The van der Waals surface area contributed by atoms with E-state index in [0.29, 0.717) is 37.7 Å². The van der Waals surface area contributed by atoms with Crippen molar-refractivity contribution in [2.45, 2.75) is 38.5 Å². The number of benzene rings is 2. The van der Waals surface area contributed by atoms with Crippen LogP contribution in [0.4, 0.5) is 0 Å². The van der Waals surface area contributed by atoms with Crippen LogP contribution in [0.25, 0.3) is 0 Å². The lowest BCUT2D eigenvalue weighted by molar-refractivity contribution is -0.145. The van der Waals surface area contributed by atoms with Crippen molar-refractivity contribution in [3.63, 3.8) is 0 Å². The second-order valence-electron chi connectivity index (χ2n) is 7.90. The van der Waals surface area contributed by atoms with Gasteiger partial charge in [0, 0.05) is 44.5 Å². The van der Waals surface area contributed by atoms with E-state index in [0.717, 1.165) is 11.1 Å². The zero-order chi connectivity index (χ0) is 23.3. The third-order valence-electron chi connectivity index (χ3n) is 5.19. The number of ketones is 1. The highest BCUT2D eigenvalue weighted by molar-refractivity contribution is 5.96. The number of nitrogens with zero attached hydrogens (tertiary/aromatic N) is 1. The smallest absolute Gasteiger partial charge is 0.309 e. The summed E-state index contributed by atoms with van der Waals surface area (Å²) in [5.74, 6) is 5.55. The lowest BCUT2D eigenvalue weighted by atomic mass is 9.92. The standard InChI is InChI=1S/C27H31NO4/c1-28(2)26(30)16-9-5-8-13-22-14-10-15-23(19-22)25(29)18-17-24(27(31)32-3)20-21-11-6-4-7-12-21/h4,6-7,10-12,14-15,19,24H,5,9,16-18,20H2,1-3H3/t24-/m1/s1. The fraction of sp³-hybridized carbons (Fsp3) is 0.370. The molecule has 0 radical (unpaired) electrons. The van der Waals surface area contributed by atoms with Crippen molar-refractivity contribution in [1.29, 1.82) is 0 Å². The van der Waals surface area contributed by atoms with Crippen molar-refractivity contribution in [1.82, 2.24) is 4.90 Å². The molecule has 0 N–H and O–H groups in total. The number of carbonyl (C=O) groups excluding carboxylic acids is 3. The number of hydrogen-bond donors (Lipinski definition) is 0. The second-order valence-corrected chi connectivity index (χ2v) is 7.90. The van der Waals surface area contributed by atoms with Crippen LogP contribution in [0.15, 0.2) is 54.6 Å². The number of unbranched alkanes of at least 4 members (excludes halogenated alkanes) is 1. The Morgan fingerprint density at radius 2 is 1.75 bits per heavy atom. The molecule has 0 aliphatic carbocycles. The molecule has 0 unspecified atom stereocenters. The zero-order valence-corrected chi connectivity index (χ0v) is 19.1. The van der Waals surface area contributed by atoms with Gasteiger partial charge in [-0.25, -0.2) is 0 Å². The van der Waals surface area contributed by atoms with Crippen LogP contribution in [-0.4, -0.2) is 43.8 Å². The van der Waals surface area contributed by atoms with Gasteiger partial charge in [0.05, 0.1) is 13.0 Å². The first-order chi connectivity index (χ1) is 15.4. The molecule has 0 aromatic heterocycles. The Balaban J connectivity index is 1.93. The summed E-state index contributed by atoms with van der Waals surface area (Å²) in [7, 11) is 4.86. The minimum absolute atomic E-state index is 0.0211. The molecule has 0 spiro atoms. The van der Waals surface area contributed by atoms with Crippen LogP contribution in [0.1, 0.15) is 53.6 Å². The Morgan fingerprint density at radius 1 is 1.00 bits per heavy atom. The van der Waals surface area contributed by atoms with Gasteiger partial charge in [-0.1, -0.05) is 54.3 Å². The predicted molar refractivity (Wildman–Crippen MR) is 125 cm³/mol. The van der Waals surface area contributed by atoms with Gasteiger partial charge in [0.2, 0.25) is 5.91 Å². The molecule has 0 saturated carbocycles. The van der Waals surface area contributed by atoms with Crippen LogP contribution in [-0.2, 0) is 20.7 Å². The van der Waals surface area contributed by atoms with Crippen LogP contribution in [0, 0.1) is 17.8 Å². The Hall–Kier alpha value is -3.39. The molecule has 1 atom stereocenters. The first kappa shape index (κ1) is 24.9. The fourth-order valence-corrected chi connectivity index (χ4v) is 3.30. The van der Waals surface area contributed by atoms with E-state index in [1.807, 2.05) is 42.5 Å². The highest BCUT2D eigenvalue weighted by atomic mass is 16.5. The van der Waals surface area contributed by atoms with Crippen molar-refractivity contribution in [2.24, 2.45) is 5.92 Å². The van der Waals surface area contributed by atoms with Gasteiger partial charge in [-0.3, -0.25) is 14.4 Å². The van der Waals surface area contributed by atoms with E-state index in [2.05, 4.69) is 11.8 Å². The lowest BCUT2D eigenvalue weighted by Gasteiger charge is -2.14. The van der Waals surface area contributed by atoms with Gasteiger partial charge in [0.15, 0.2) is 5.78 Å². The van der Waals surface area contributed by atoms with E-state index in [1.54, 1.807) is 31.1 Å². The van der Waals surface area contributed by atoms with Gasteiger partial charge < -0.3 is 9.64 Å².